The van der Waals surface area contributed by atoms with Crippen LogP contribution in [0.15, 0.2) is 41.3 Å². The number of benzene rings is 2. The van der Waals surface area contributed by atoms with Crippen molar-refractivity contribution in [2.45, 2.75) is 25.3 Å². The normalized spacial score (nSPS) is 12.9. The van der Waals surface area contributed by atoms with Crippen molar-refractivity contribution in [3.8, 4) is 11.5 Å². The summed E-state index contributed by atoms with van der Waals surface area (Å²) in [7, 11) is -3.68. The number of amides is 1. The van der Waals surface area contributed by atoms with Crippen molar-refractivity contribution in [2.24, 2.45) is 0 Å². The maximum atomic E-state index is 12.5. The van der Waals surface area contributed by atoms with E-state index < -0.39 is 10.0 Å². The zero-order valence-electron chi connectivity index (χ0n) is 13.8. The van der Waals surface area contributed by atoms with Crippen LogP contribution in [0.1, 0.15) is 18.1 Å². The van der Waals surface area contributed by atoms with Gasteiger partial charge in [0.15, 0.2) is 11.5 Å². The fourth-order valence-corrected chi connectivity index (χ4v) is 3.55. The molecule has 132 valence electrons. The van der Waals surface area contributed by atoms with Gasteiger partial charge in [0, 0.05) is 19.2 Å². The van der Waals surface area contributed by atoms with E-state index in [9.17, 15) is 13.2 Å². The van der Waals surface area contributed by atoms with E-state index in [0.717, 1.165) is 5.56 Å². The fraction of sp³-hybridized carbons (Fsp3) is 0.235. The van der Waals surface area contributed by atoms with Crippen molar-refractivity contribution in [3.05, 3.63) is 47.5 Å². The molecule has 2 aromatic rings. The molecule has 1 aliphatic rings. The molecule has 0 atom stereocenters. The van der Waals surface area contributed by atoms with E-state index >= 15 is 0 Å². The summed E-state index contributed by atoms with van der Waals surface area (Å²) < 4.78 is 38.0. The molecule has 0 aromatic heterocycles. The standard InChI is InChI=1S/C17H18N2O5S/c1-11-7-14(4-5-15(11)19-12(2)20)25(21,22)18-9-13-3-6-16-17(8-13)24-10-23-16/h3-8,18H,9-10H2,1-2H3,(H,19,20). The Labute approximate surface area is 146 Å². The molecular weight excluding hydrogens is 344 g/mol. The summed E-state index contributed by atoms with van der Waals surface area (Å²) in [6.07, 6.45) is 0. The van der Waals surface area contributed by atoms with E-state index in [1.54, 1.807) is 31.2 Å². The Morgan fingerprint density at radius 2 is 1.88 bits per heavy atom. The molecule has 2 N–H and O–H groups in total. The molecule has 1 amide bonds. The van der Waals surface area contributed by atoms with Crippen LogP contribution in [0.5, 0.6) is 11.5 Å². The number of carbonyl (C=O) groups excluding carboxylic acids is 1. The molecule has 0 radical (unpaired) electrons. The Bertz CT molecular complexity index is 925. The number of ether oxygens (including phenoxy) is 2. The molecule has 0 saturated carbocycles. The second-order valence-electron chi connectivity index (χ2n) is 5.67. The van der Waals surface area contributed by atoms with E-state index in [1.165, 1.54) is 19.1 Å². The number of sulfonamides is 1. The van der Waals surface area contributed by atoms with Crippen LogP contribution in [0.4, 0.5) is 5.69 Å². The second kappa shape index (κ2) is 6.73. The first-order chi connectivity index (χ1) is 11.8. The fourth-order valence-electron chi connectivity index (χ4n) is 2.45. The van der Waals surface area contributed by atoms with Crippen molar-refractivity contribution in [3.63, 3.8) is 0 Å². The maximum Gasteiger partial charge on any atom is 0.240 e. The van der Waals surface area contributed by atoms with Crippen molar-refractivity contribution in [1.29, 1.82) is 0 Å². The number of carbonyl (C=O) groups is 1. The summed E-state index contributed by atoms with van der Waals surface area (Å²) in [4.78, 5) is 11.3. The zero-order valence-corrected chi connectivity index (χ0v) is 14.6. The summed E-state index contributed by atoms with van der Waals surface area (Å²) in [5.74, 6) is 1.04. The van der Waals surface area contributed by atoms with Crippen molar-refractivity contribution in [2.75, 3.05) is 12.1 Å². The molecule has 25 heavy (non-hydrogen) atoms. The minimum Gasteiger partial charge on any atom is -0.454 e. The minimum atomic E-state index is -3.68. The third-order valence-electron chi connectivity index (χ3n) is 3.72. The number of fused-ring (bicyclic) bond motifs is 1. The molecule has 0 unspecified atom stereocenters. The Hall–Kier alpha value is -2.58. The van der Waals surface area contributed by atoms with Crippen LogP contribution < -0.4 is 19.5 Å². The number of hydrogen-bond donors (Lipinski definition) is 2. The predicted molar refractivity (Wildman–Crippen MR) is 92.1 cm³/mol. The highest BCUT2D eigenvalue weighted by molar-refractivity contribution is 7.89. The first-order valence-electron chi connectivity index (χ1n) is 7.61. The second-order valence-corrected chi connectivity index (χ2v) is 7.44. The topological polar surface area (TPSA) is 93.7 Å². The number of nitrogens with one attached hydrogen (secondary N) is 2. The molecule has 8 heteroatoms. The Morgan fingerprint density at radius 1 is 1.12 bits per heavy atom. The summed E-state index contributed by atoms with van der Waals surface area (Å²) in [5, 5.41) is 2.65. The molecule has 0 aliphatic carbocycles. The summed E-state index contributed by atoms with van der Waals surface area (Å²) >= 11 is 0. The highest BCUT2D eigenvalue weighted by Crippen LogP contribution is 2.32. The average Bonchev–Trinajstić information content (AvgIpc) is 3.02. The number of rotatable bonds is 5. The number of aryl methyl sites for hydroxylation is 1. The lowest BCUT2D eigenvalue weighted by atomic mass is 10.2. The van der Waals surface area contributed by atoms with Gasteiger partial charge < -0.3 is 14.8 Å². The van der Waals surface area contributed by atoms with Crippen LogP contribution >= 0.6 is 0 Å². The van der Waals surface area contributed by atoms with Crippen molar-refractivity contribution in [1.82, 2.24) is 4.72 Å². The van der Waals surface area contributed by atoms with Gasteiger partial charge in [-0.3, -0.25) is 4.79 Å². The Balaban J connectivity index is 1.73. The summed E-state index contributed by atoms with van der Waals surface area (Å²) in [5.41, 5.74) is 2.02. The van der Waals surface area contributed by atoms with Crippen LogP contribution in [0, 0.1) is 6.92 Å². The molecule has 0 bridgehead atoms. The van der Waals surface area contributed by atoms with E-state index in [4.69, 9.17) is 9.47 Å². The third-order valence-corrected chi connectivity index (χ3v) is 5.12. The molecule has 7 nitrogen and oxygen atoms in total. The van der Waals surface area contributed by atoms with E-state index in [1.807, 2.05) is 0 Å². The monoisotopic (exact) mass is 362 g/mol. The van der Waals surface area contributed by atoms with Gasteiger partial charge in [0.25, 0.3) is 0 Å². The van der Waals surface area contributed by atoms with Crippen molar-refractivity contribution < 1.29 is 22.7 Å². The number of anilines is 1. The first-order valence-corrected chi connectivity index (χ1v) is 9.10. The van der Waals surface area contributed by atoms with Gasteiger partial charge in [0.05, 0.1) is 4.90 Å². The van der Waals surface area contributed by atoms with E-state index in [0.29, 0.717) is 22.7 Å². The zero-order chi connectivity index (χ0) is 18.0. The van der Waals surface area contributed by atoms with E-state index in [2.05, 4.69) is 10.0 Å². The lowest BCUT2D eigenvalue weighted by Gasteiger charge is -2.11. The van der Waals surface area contributed by atoms with Gasteiger partial charge in [-0.1, -0.05) is 6.07 Å². The molecule has 0 saturated heterocycles. The highest BCUT2D eigenvalue weighted by atomic mass is 32.2. The highest BCUT2D eigenvalue weighted by Gasteiger charge is 2.17. The largest absolute Gasteiger partial charge is 0.454 e. The van der Waals surface area contributed by atoms with Crippen LogP contribution in [-0.4, -0.2) is 21.1 Å². The van der Waals surface area contributed by atoms with Crippen LogP contribution in [0.2, 0.25) is 0 Å². The van der Waals surface area contributed by atoms with Crippen LogP contribution in [0.3, 0.4) is 0 Å². The first kappa shape index (κ1) is 17.2. The molecule has 1 heterocycles. The lowest BCUT2D eigenvalue weighted by molar-refractivity contribution is -0.114. The molecule has 2 aromatic carbocycles. The van der Waals surface area contributed by atoms with Crippen LogP contribution in [-0.2, 0) is 21.4 Å². The molecular formula is C17H18N2O5S. The van der Waals surface area contributed by atoms with Gasteiger partial charge in [-0.2, -0.15) is 0 Å². The van der Waals surface area contributed by atoms with Gasteiger partial charge in [-0.25, -0.2) is 13.1 Å². The quantitative estimate of drug-likeness (QED) is 0.850. The van der Waals surface area contributed by atoms with Gasteiger partial charge >= 0.3 is 0 Å². The third kappa shape index (κ3) is 3.92. The SMILES string of the molecule is CC(=O)Nc1ccc(S(=O)(=O)NCc2ccc3c(c2)OCO3)cc1C. The molecule has 3 rings (SSSR count). The lowest BCUT2D eigenvalue weighted by Crippen LogP contribution is -2.23. The smallest absolute Gasteiger partial charge is 0.240 e. The van der Waals surface area contributed by atoms with Crippen LogP contribution in [0.25, 0.3) is 0 Å². The maximum absolute atomic E-state index is 12.5. The molecule has 0 spiro atoms. The summed E-state index contributed by atoms with van der Waals surface area (Å²) in [6.45, 7) is 3.44. The average molecular weight is 362 g/mol. The summed E-state index contributed by atoms with van der Waals surface area (Å²) in [6, 6.07) is 9.83. The van der Waals surface area contributed by atoms with Gasteiger partial charge in [-0.05, 0) is 48.4 Å². The number of hydrogen-bond acceptors (Lipinski definition) is 5. The Morgan fingerprint density at radius 3 is 2.60 bits per heavy atom. The molecule has 0 fully saturated rings. The van der Waals surface area contributed by atoms with Gasteiger partial charge in [0.1, 0.15) is 0 Å². The van der Waals surface area contributed by atoms with Gasteiger partial charge in [0.2, 0.25) is 22.7 Å². The predicted octanol–water partition coefficient (Wildman–Crippen LogP) is 2.16. The van der Waals surface area contributed by atoms with Gasteiger partial charge in [-0.15, -0.1) is 0 Å². The van der Waals surface area contributed by atoms with Crippen molar-refractivity contribution >= 4 is 21.6 Å². The Kier molecular flexibility index (Phi) is 4.65. The van der Waals surface area contributed by atoms with E-state index in [-0.39, 0.29) is 24.1 Å². The minimum absolute atomic E-state index is 0.130. The molecule has 1 aliphatic heterocycles.